The highest BCUT2D eigenvalue weighted by Crippen LogP contribution is 2.34. The second-order valence-corrected chi connectivity index (χ2v) is 10.4. The van der Waals surface area contributed by atoms with Crippen molar-refractivity contribution in [3.8, 4) is 17.1 Å². The third-order valence-corrected chi connectivity index (χ3v) is 7.10. The molecule has 1 aliphatic heterocycles. The van der Waals surface area contributed by atoms with Crippen molar-refractivity contribution in [3.05, 3.63) is 89.5 Å². The number of carboxylic acid groups (broad SMARTS) is 1. The van der Waals surface area contributed by atoms with Crippen molar-refractivity contribution in [1.82, 2.24) is 34.1 Å². The van der Waals surface area contributed by atoms with Gasteiger partial charge in [-0.2, -0.15) is 23.3 Å². The van der Waals surface area contributed by atoms with Crippen molar-refractivity contribution in [2.75, 3.05) is 12.4 Å². The zero-order valence-electron chi connectivity index (χ0n) is 23.7. The Kier molecular flexibility index (Phi) is 8.90. The van der Waals surface area contributed by atoms with Gasteiger partial charge < -0.3 is 19.7 Å². The van der Waals surface area contributed by atoms with Gasteiger partial charge in [0.25, 0.3) is 0 Å². The molecule has 0 amide bonds. The predicted molar refractivity (Wildman–Crippen MR) is 156 cm³/mol. The number of fused-ring (bicyclic) bond motifs is 1. The number of nitrogens with zero attached hydrogens (tertiary/aromatic N) is 7. The van der Waals surface area contributed by atoms with E-state index < -0.39 is 12.1 Å². The van der Waals surface area contributed by atoms with Crippen LogP contribution in [-0.4, -0.2) is 58.5 Å². The average molecular weight is 629 g/mol. The highest BCUT2D eigenvalue weighted by molar-refractivity contribution is 6.29. The summed E-state index contributed by atoms with van der Waals surface area (Å²) >= 11 is 5.99. The van der Waals surface area contributed by atoms with Gasteiger partial charge in [0.1, 0.15) is 23.1 Å². The summed E-state index contributed by atoms with van der Waals surface area (Å²) in [7, 11) is 1.64. The molecule has 0 saturated carbocycles. The number of carboxylic acids is 1. The Balaban J connectivity index is 0.000000493. The number of aromatic nitrogens is 7. The van der Waals surface area contributed by atoms with Crippen molar-refractivity contribution >= 4 is 29.2 Å². The molecule has 0 bridgehead atoms. The number of rotatable bonds is 6. The van der Waals surface area contributed by atoms with Crippen LogP contribution in [0.3, 0.4) is 0 Å². The van der Waals surface area contributed by atoms with Crippen molar-refractivity contribution in [2.24, 2.45) is 0 Å². The number of ether oxygens (including phenoxy) is 1. The van der Waals surface area contributed by atoms with Gasteiger partial charge in [0.2, 0.25) is 5.95 Å². The Morgan fingerprint density at radius 2 is 1.89 bits per heavy atom. The summed E-state index contributed by atoms with van der Waals surface area (Å²) in [4.78, 5) is 17.9. The summed E-state index contributed by atoms with van der Waals surface area (Å²) in [6.07, 6.45) is 5.46. The summed E-state index contributed by atoms with van der Waals surface area (Å²) < 4.78 is 43.1. The van der Waals surface area contributed by atoms with Gasteiger partial charge in [-0.25, -0.2) is 19.1 Å². The van der Waals surface area contributed by atoms with Crippen molar-refractivity contribution < 1.29 is 27.8 Å². The number of carbonyl (C=O) groups is 1. The van der Waals surface area contributed by atoms with E-state index in [0.29, 0.717) is 16.9 Å². The first kappa shape index (κ1) is 30.6. The smallest absolute Gasteiger partial charge is 0.490 e. The number of aryl methyl sites for hydroxylation is 2. The molecule has 11 nitrogen and oxygen atoms in total. The highest BCUT2D eigenvalue weighted by atomic mass is 35.5. The first-order valence-electron chi connectivity index (χ1n) is 13.5. The zero-order valence-corrected chi connectivity index (χ0v) is 24.4. The zero-order chi connectivity index (χ0) is 31.4. The molecular formula is C29H28ClF3N8O3. The van der Waals surface area contributed by atoms with E-state index in [1.54, 1.807) is 19.6 Å². The number of methoxy groups -OCH3 is 1. The molecule has 2 aromatic carbocycles. The lowest BCUT2D eigenvalue weighted by atomic mass is 9.93. The topological polar surface area (TPSA) is 125 Å². The maximum absolute atomic E-state index is 10.6. The number of benzene rings is 2. The van der Waals surface area contributed by atoms with Gasteiger partial charge in [0.15, 0.2) is 0 Å². The van der Waals surface area contributed by atoms with E-state index in [2.05, 4.69) is 39.7 Å². The number of hydrogen-bond acceptors (Lipinski definition) is 7. The fourth-order valence-electron chi connectivity index (χ4n) is 4.83. The van der Waals surface area contributed by atoms with Gasteiger partial charge in [-0.3, -0.25) is 0 Å². The molecule has 0 radical (unpaired) electrons. The lowest BCUT2D eigenvalue weighted by Crippen LogP contribution is -2.21. The molecule has 6 rings (SSSR count). The van der Waals surface area contributed by atoms with Crippen LogP contribution in [0.1, 0.15) is 42.1 Å². The molecule has 0 aliphatic carbocycles. The summed E-state index contributed by atoms with van der Waals surface area (Å²) in [6.45, 7) is 2.90. The molecule has 3 aromatic heterocycles. The predicted octanol–water partition coefficient (Wildman–Crippen LogP) is 6.31. The van der Waals surface area contributed by atoms with Crippen molar-refractivity contribution in [3.63, 3.8) is 0 Å². The Morgan fingerprint density at radius 3 is 2.50 bits per heavy atom. The summed E-state index contributed by atoms with van der Waals surface area (Å²) in [5.74, 6) is -0.329. The standard InChI is InChI=1S/C27H27ClN8O.C2HF3O2/c1-18-14-30-36(15-18)21-9-6-19(7-10-21)22-5-3-4-12-35-26(22)32-27(33-35)31-20-8-11-23(24(13-20)37-2)34-16-25(28)29-17-34;3-2(4,5)1(6)7/h6-11,13-17,22H,3-5,12H2,1-2H3,(H,31,33);(H,6,7). The van der Waals surface area contributed by atoms with Crippen LogP contribution in [0.5, 0.6) is 5.75 Å². The second-order valence-electron chi connectivity index (χ2n) is 10.0. The Labute approximate surface area is 254 Å². The molecule has 44 heavy (non-hydrogen) atoms. The van der Waals surface area contributed by atoms with Gasteiger partial charge in [0.05, 0.1) is 24.7 Å². The third-order valence-electron chi connectivity index (χ3n) is 6.90. The second kappa shape index (κ2) is 12.8. The van der Waals surface area contributed by atoms with E-state index in [1.165, 1.54) is 5.56 Å². The van der Waals surface area contributed by atoms with Crippen LogP contribution in [0.4, 0.5) is 24.8 Å². The molecule has 4 heterocycles. The molecule has 0 saturated heterocycles. The molecule has 15 heteroatoms. The lowest BCUT2D eigenvalue weighted by Gasteiger charge is -2.15. The number of imidazole rings is 1. The molecule has 1 aliphatic rings. The molecule has 0 fully saturated rings. The number of aliphatic carboxylic acids is 1. The van der Waals surface area contributed by atoms with Crippen LogP contribution in [0.15, 0.2) is 67.4 Å². The largest absolute Gasteiger partial charge is 0.494 e. The maximum Gasteiger partial charge on any atom is 0.490 e. The van der Waals surface area contributed by atoms with Gasteiger partial charge in [-0.05, 0) is 55.2 Å². The van der Waals surface area contributed by atoms with E-state index in [9.17, 15) is 13.2 Å². The molecule has 1 atom stereocenters. The Hall–Kier alpha value is -4.85. The Morgan fingerprint density at radius 1 is 1.14 bits per heavy atom. The lowest BCUT2D eigenvalue weighted by molar-refractivity contribution is -0.192. The number of halogens is 4. The third kappa shape index (κ3) is 7.02. The number of hydrogen-bond donors (Lipinski definition) is 2. The minimum Gasteiger partial charge on any atom is -0.494 e. The first-order chi connectivity index (χ1) is 21.0. The van der Waals surface area contributed by atoms with Crippen LogP contribution >= 0.6 is 11.6 Å². The summed E-state index contributed by atoms with van der Waals surface area (Å²) in [5.41, 5.74) is 5.10. The van der Waals surface area contributed by atoms with Gasteiger partial charge in [-0.1, -0.05) is 30.2 Å². The average Bonchev–Trinajstić information content (AvgIpc) is 3.70. The minimum absolute atomic E-state index is 0.182. The van der Waals surface area contributed by atoms with E-state index >= 15 is 0 Å². The van der Waals surface area contributed by atoms with Crippen molar-refractivity contribution in [1.29, 1.82) is 0 Å². The minimum atomic E-state index is -5.08. The molecule has 1 unspecified atom stereocenters. The first-order valence-corrected chi connectivity index (χ1v) is 13.9. The number of anilines is 2. The quantitative estimate of drug-likeness (QED) is 0.224. The molecule has 2 N–H and O–H groups in total. The van der Waals surface area contributed by atoms with Crippen LogP contribution in [0.25, 0.3) is 11.4 Å². The monoisotopic (exact) mass is 628 g/mol. The van der Waals surface area contributed by atoms with E-state index in [1.807, 2.05) is 51.4 Å². The van der Waals surface area contributed by atoms with E-state index in [-0.39, 0.29) is 5.92 Å². The molecule has 5 aromatic rings. The van der Waals surface area contributed by atoms with E-state index in [4.69, 9.17) is 36.3 Å². The van der Waals surface area contributed by atoms with E-state index in [0.717, 1.165) is 54.3 Å². The molecule has 230 valence electrons. The molecule has 0 spiro atoms. The SMILES string of the molecule is COc1cc(Nc2nc3n(n2)CCCCC3c2ccc(-n3cc(C)cn3)cc2)ccc1-n1cnc(Cl)c1.O=C(O)C(F)(F)F. The maximum atomic E-state index is 10.6. The Bertz CT molecular complexity index is 1750. The number of nitrogens with one attached hydrogen (secondary N) is 1. The fourth-order valence-corrected chi connectivity index (χ4v) is 4.97. The molecular weight excluding hydrogens is 601 g/mol. The normalized spacial score (nSPS) is 14.6. The fraction of sp³-hybridized carbons (Fsp3) is 0.276. The van der Waals surface area contributed by atoms with Gasteiger partial charge >= 0.3 is 12.1 Å². The summed E-state index contributed by atoms with van der Waals surface area (Å²) in [6, 6.07) is 14.4. The van der Waals surface area contributed by atoms with Crippen LogP contribution in [-0.2, 0) is 11.3 Å². The number of alkyl halides is 3. The van der Waals surface area contributed by atoms with Crippen LogP contribution in [0, 0.1) is 6.92 Å². The summed E-state index contributed by atoms with van der Waals surface area (Å²) in [5, 5.41) is 20.1. The van der Waals surface area contributed by atoms with Gasteiger partial charge in [-0.15, -0.1) is 5.10 Å². The van der Waals surface area contributed by atoms with Crippen molar-refractivity contribution in [2.45, 2.75) is 44.8 Å². The van der Waals surface area contributed by atoms with Gasteiger partial charge in [0, 0.05) is 36.6 Å². The van der Waals surface area contributed by atoms with Crippen LogP contribution in [0.2, 0.25) is 5.15 Å². The van der Waals surface area contributed by atoms with Crippen LogP contribution < -0.4 is 10.1 Å². The highest BCUT2D eigenvalue weighted by Gasteiger charge is 2.38.